The average molecular weight is 266 g/mol. The lowest BCUT2D eigenvalue weighted by Crippen LogP contribution is -2.40. The number of hydrogen-bond donors (Lipinski definition) is 2. The quantitative estimate of drug-likeness (QED) is 0.786. The van der Waals surface area contributed by atoms with Gasteiger partial charge in [0.2, 0.25) is 5.76 Å². The first-order valence-corrected chi connectivity index (χ1v) is 6.62. The van der Waals surface area contributed by atoms with E-state index in [1.807, 2.05) is 6.92 Å². The molecule has 1 atom stereocenters. The molecule has 1 saturated carbocycles. The minimum absolute atomic E-state index is 0.0876. The van der Waals surface area contributed by atoms with Crippen LogP contribution < -0.4 is 5.32 Å². The van der Waals surface area contributed by atoms with Crippen LogP contribution in [0, 0.1) is 0 Å². The summed E-state index contributed by atoms with van der Waals surface area (Å²) in [5, 5.41) is 15.3. The summed E-state index contributed by atoms with van der Waals surface area (Å²) in [6.07, 6.45) is 4.19. The molecule has 0 aromatic carbocycles. The highest BCUT2D eigenvalue weighted by Gasteiger charge is 2.29. The highest BCUT2D eigenvalue weighted by molar-refractivity contribution is 5.94. The smallest absolute Gasteiger partial charge is 0.326 e. The number of rotatable bonds is 7. The molecule has 6 nitrogen and oxygen atoms in total. The Kier molecular flexibility index (Phi) is 4.19. The summed E-state index contributed by atoms with van der Waals surface area (Å²) in [4.78, 5) is 22.9. The van der Waals surface area contributed by atoms with Crippen molar-refractivity contribution < 1.29 is 19.2 Å². The monoisotopic (exact) mass is 266 g/mol. The molecule has 1 aliphatic carbocycles. The summed E-state index contributed by atoms with van der Waals surface area (Å²) >= 11 is 0. The Morgan fingerprint density at radius 3 is 2.89 bits per heavy atom. The Hall–Kier alpha value is -1.85. The van der Waals surface area contributed by atoms with Crippen LogP contribution in [-0.2, 0) is 4.79 Å². The lowest BCUT2D eigenvalue weighted by atomic mass is 10.1. The van der Waals surface area contributed by atoms with Crippen LogP contribution >= 0.6 is 0 Å². The minimum Gasteiger partial charge on any atom is -0.480 e. The van der Waals surface area contributed by atoms with Gasteiger partial charge >= 0.3 is 5.97 Å². The normalized spacial score (nSPS) is 16.1. The van der Waals surface area contributed by atoms with Crippen LogP contribution in [0.1, 0.15) is 61.2 Å². The average Bonchev–Trinajstić information content (AvgIpc) is 3.11. The Labute approximate surface area is 111 Å². The number of hydrogen-bond acceptors (Lipinski definition) is 4. The van der Waals surface area contributed by atoms with Crippen molar-refractivity contribution in [2.24, 2.45) is 0 Å². The molecule has 6 heteroatoms. The molecule has 2 rings (SSSR count). The summed E-state index contributed by atoms with van der Waals surface area (Å²) < 4.78 is 4.96. The first-order valence-electron chi connectivity index (χ1n) is 6.62. The molecule has 0 aliphatic heterocycles. The maximum absolute atomic E-state index is 11.9. The summed E-state index contributed by atoms with van der Waals surface area (Å²) in [5.74, 6) is -1.04. The molecule has 0 radical (unpaired) electrons. The number of aliphatic carboxylic acids is 1. The van der Waals surface area contributed by atoms with E-state index in [0.29, 0.717) is 12.3 Å². The first kappa shape index (κ1) is 13.6. The molecule has 0 bridgehead atoms. The van der Waals surface area contributed by atoms with Gasteiger partial charge in [0.1, 0.15) is 6.04 Å². The molecule has 1 aliphatic rings. The zero-order chi connectivity index (χ0) is 13.8. The van der Waals surface area contributed by atoms with Crippen LogP contribution in [0.4, 0.5) is 0 Å². The summed E-state index contributed by atoms with van der Waals surface area (Å²) in [6, 6.07) is 0.730. The Balaban J connectivity index is 1.94. The molecule has 1 aromatic heterocycles. The Morgan fingerprint density at radius 1 is 1.58 bits per heavy atom. The molecular formula is C13H18N2O4. The van der Waals surface area contributed by atoms with Gasteiger partial charge < -0.3 is 14.9 Å². The Morgan fingerprint density at radius 2 is 2.32 bits per heavy atom. The van der Waals surface area contributed by atoms with Crippen LogP contribution in [0.25, 0.3) is 0 Å². The van der Waals surface area contributed by atoms with Gasteiger partial charge in [0.25, 0.3) is 5.91 Å². The van der Waals surface area contributed by atoms with E-state index in [1.54, 1.807) is 6.07 Å². The van der Waals surface area contributed by atoms with Gasteiger partial charge in [-0.05, 0) is 19.3 Å². The number of amides is 1. The van der Waals surface area contributed by atoms with Gasteiger partial charge in [0, 0.05) is 12.0 Å². The van der Waals surface area contributed by atoms with Gasteiger partial charge in [-0.3, -0.25) is 4.79 Å². The fraction of sp³-hybridized carbons (Fsp3) is 0.615. The van der Waals surface area contributed by atoms with Crippen molar-refractivity contribution in [2.45, 2.75) is 51.0 Å². The van der Waals surface area contributed by atoms with Crippen LogP contribution in [0.2, 0.25) is 0 Å². The van der Waals surface area contributed by atoms with Crippen molar-refractivity contribution in [3.05, 3.63) is 17.5 Å². The fourth-order valence-electron chi connectivity index (χ4n) is 1.86. The van der Waals surface area contributed by atoms with Gasteiger partial charge in [0.05, 0.1) is 5.69 Å². The number of carbonyl (C=O) groups is 2. The lowest BCUT2D eigenvalue weighted by molar-refractivity contribution is -0.139. The van der Waals surface area contributed by atoms with Crippen molar-refractivity contribution in [3.8, 4) is 0 Å². The van der Waals surface area contributed by atoms with E-state index >= 15 is 0 Å². The van der Waals surface area contributed by atoms with E-state index in [2.05, 4.69) is 10.5 Å². The molecule has 1 aromatic rings. The highest BCUT2D eigenvalue weighted by atomic mass is 16.5. The van der Waals surface area contributed by atoms with E-state index in [1.165, 1.54) is 0 Å². The standard InChI is InChI=1S/C13H18N2O4/c1-2-3-4-9(13(17)18)14-12(16)11-7-10(15-19-11)8-5-6-8/h7-9H,2-6H2,1H3,(H,14,16)(H,17,18). The number of nitrogens with one attached hydrogen (secondary N) is 1. The van der Waals surface area contributed by atoms with Gasteiger partial charge in [-0.1, -0.05) is 24.9 Å². The van der Waals surface area contributed by atoms with Crippen LogP contribution in [-0.4, -0.2) is 28.2 Å². The molecule has 1 amide bonds. The van der Waals surface area contributed by atoms with E-state index < -0.39 is 17.9 Å². The van der Waals surface area contributed by atoms with Gasteiger partial charge in [-0.2, -0.15) is 0 Å². The highest BCUT2D eigenvalue weighted by Crippen LogP contribution is 2.39. The zero-order valence-corrected chi connectivity index (χ0v) is 10.9. The lowest BCUT2D eigenvalue weighted by Gasteiger charge is -2.12. The number of carboxylic acid groups (broad SMARTS) is 1. The van der Waals surface area contributed by atoms with Crippen molar-refractivity contribution in [1.82, 2.24) is 10.5 Å². The number of nitrogens with zero attached hydrogens (tertiary/aromatic N) is 1. The van der Waals surface area contributed by atoms with Gasteiger partial charge in [0.15, 0.2) is 0 Å². The van der Waals surface area contributed by atoms with Crippen LogP contribution in [0.3, 0.4) is 0 Å². The topological polar surface area (TPSA) is 92.4 Å². The van der Waals surface area contributed by atoms with Gasteiger partial charge in [-0.15, -0.1) is 0 Å². The van der Waals surface area contributed by atoms with Crippen LogP contribution in [0.5, 0.6) is 0 Å². The summed E-state index contributed by atoms with van der Waals surface area (Å²) in [5.41, 5.74) is 0.783. The summed E-state index contributed by atoms with van der Waals surface area (Å²) in [6.45, 7) is 1.97. The van der Waals surface area contributed by atoms with E-state index in [0.717, 1.165) is 31.4 Å². The molecule has 1 unspecified atom stereocenters. The predicted molar refractivity (Wildman–Crippen MR) is 66.9 cm³/mol. The molecule has 0 saturated heterocycles. The second-order valence-electron chi connectivity index (χ2n) is 4.90. The van der Waals surface area contributed by atoms with Crippen molar-refractivity contribution in [3.63, 3.8) is 0 Å². The Bertz CT molecular complexity index is 465. The largest absolute Gasteiger partial charge is 0.480 e. The van der Waals surface area contributed by atoms with Crippen molar-refractivity contribution >= 4 is 11.9 Å². The predicted octanol–water partition coefficient (Wildman–Crippen LogP) is 1.93. The van der Waals surface area contributed by atoms with E-state index in [4.69, 9.17) is 9.63 Å². The SMILES string of the molecule is CCCCC(NC(=O)c1cc(C2CC2)no1)C(=O)O. The third-order valence-electron chi connectivity index (χ3n) is 3.20. The third-order valence-corrected chi connectivity index (χ3v) is 3.20. The van der Waals surface area contributed by atoms with Crippen molar-refractivity contribution in [1.29, 1.82) is 0 Å². The second-order valence-corrected chi connectivity index (χ2v) is 4.90. The van der Waals surface area contributed by atoms with Crippen LogP contribution in [0.15, 0.2) is 10.6 Å². The summed E-state index contributed by atoms with van der Waals surface area (Å²) in [7, 11) is 0. The number of carbonyl (C=O) groups excluding carboxylic acids is 1. The number of aromatic nitrogens is 1. The van der Waals surface area contributed by atoms with Gasteiger partial charge in [-0.25, -0.2) is 4.79 Å². The minimum atomic E-state index is -1.02. The van der Waals surface area contributed by atoms with Crippen molar-refractivity contribution in [2.75, 3.05) is 0 Å². The molecular weight excluding hydrogens is 248 g/mol. The first-order chi connectivity index (χ1) is 9.11. The number of unbranched alkanes of at least 4 members (excludes halogenated alkanes) is 1. The zero-order valence-electron chi connectivity index (χ0n) is 10.9. The number of carboxylic acids is 1. The molecule has 2 N–H and O–H groups in total. The fourth-order valence-corrected chi connectivity index (χ4v) is 1.86. The molecule has 1 heterocycles. The molecule has 0 spiro atoms. The third kappa shape index (κ3) is 3.56. The van der Waals surface area contributed by atoms with E-state index in [9.17, 15) is 9.59 Å². The maximum atomic E-state index is 11.9. The second kappa shape index (κ2) is 5.86. The maximum Gasteiger partial charge on any atom is 0.326 e. The van der Waals surface area contributed by atoms with E-state index in [-0.39, 0.29) is 5.76 Å². The molecule has 104 valence electrons. The molecule has 1 fully saturated rings. The molecule has 19 heavy (non-hydrogen) atoms.